The molecule has 0 heterocycles. The Morgan fingerprint density at radius 1 is 1.18 bits per heavy atom. The van der Waals surface area contributed by atoms with Crippen molar-refractivity contribution in [3.63, 3.8) is 0 Å². The predicted molar refractivity (Wildman–Crippen MR) is 111 cm³/mol. The molecule has 7 heteroatoms. The predicted octanol–water partition coefficient (Wildman–Crippen LogP) is 3.71. The van der Waals surface area contributed by atoms with Crippen LogP contribution in [0.25, 0.3) is 0 Å². The third-order valence-electron chi connectivity index (χ3n) is 5.15. The summed E-state index contributed by atoms with van der Waals surface area (Å²) < 4.78 is 33.5. The summed E-state index contributed by atoms with van der Waals surface area (Å²) in [4.78, 5) is 12.8. The summed E-state index contributed by atoms with van der Waals surface area (Å²) in [6.45, 7) is 6.29. The largest absolute Gasteiger partial charge is 0.494 e. The van der Waals surface area contributed by atoms with Gasteiger partial charge in [0.1, 0.15) is 5.75 Å². The molecule has 158 valence electrons. The van der Waals surface area contributed by atoms with E-state index in [0.717, 1.165) is 44.9 Å². The average Bonchev–Trinajstić information content (AvgIpc) is 2.67. The van der Waals surface area contributed by atoms with E-state index in [1.165, 1.54) is 4.31 Å². The molecule has 1 fully saturated rings. The number of amides is 1. The van der Waals surface area contributed by atoms with Gasteiger partial charge < -0.3 is 10.1 Å². The third-order valence-corrected chi connectivity index (χ3v) is 7.06. The standard InChI is InChI=1S/C21H34N2O4S/c1-4-9-17(3)22-21(24)16-23(18-10-7-6-8-11-18)28(25,26)20-14-12-19(13-15-20)27-5-2/h12-15,17-18H,4-11,16H2,1-3H3,(H,22,24)/t17-/m1/s1. The van der Waals surface area contributed by atoms with Gasteiger partial charge in [-0.05, 0) is 57.4 Å². The van der Waals surface area contributed by atoms with Crippen molar-refractivity contribution >= 4 is 15.9 Å². The van der Waals surface area contributed by atoms with Crippen molar-refractivity contribution in [2.24, 2.45) is 0 Å². The normalized spacial score (nSPS) is 16.7. The van der Waals surface area contributed by atoms with Crippen LogP contribution in [0, 0.1) is 0 Å². The zero-order valence-corrected chi connectivity index (χ0v) is 18.1. The summed E-state index contributed by atoms with van der Waals surface area (Å²) >= 11 is 0. The Kier molecular flexibility index (Phi) is 8.76. The third kappa shape index (κ3) is 6.21. The SMILES string of the molecule is CCC[C@@H](C)NC(=O)CN(C1CCCCC1)S(=O)(=O)c1ccc(OCC)cc1. The van der Waals surface area contributed by atoms with Crippen LogP contribution in [0.2, 0.25) is 0 Å². The highest BCUT2D eigenvalue weighted by molar-refractivity contribution is 7.89. The Balaban J connectivity index is 2.22. The van der Waals surface area contributed by atoms with E-state index in [1.807, 2.05) is 13.8 Å². The summed E-state index contributed by atoms with van der Waals surface area (Å²) in [6, 6.07) is 6.37. The number of hydrogen-bond donors (Lipinski definition) is 1. The molecule has 6 nitrogen and oxygen atoms in total. The molecule has 2 rings (SSSR count). The Morgan fingerprint density at radius 2 is 1.82 bits per heavy atom. The number of ether oxygens (including phenoxy) is 1. The molecule has 0 saturated heterocycles. The first-order valence-electron chi connectivity index (χ1n) is 10.4. The van der Waals surface area contributed by atoms with Gasteiger partial charge in [0, 0.05) is 12.1 Å². The molecule has 1 aromatic rings. The van der Waals surface area contributed by atoms with Crippen LogP contribution >= 0.6 is 0 Å². The van der Waals surface area contributed by atoms with E-state index in [4.69, 9.17) is 4.74 Å². The van der Waals surface area contributed by atoms with Crippen molar-refractivity contribution in [2.75, 3.05) is 13.2 Å². The maximum absolute atomic E-state index is 13.4. The molecule has 0 bridgehead atoms. The van der Waals surface area contributed by atoms with Crippen molar-refractivity contribution in [3.05, 3.63) is 24.3 Å². The second-order valence-corrected chi connectivity index (χ2v) is 9.39. The van der Waals surface area contributed by atoms with E-state index in [9.17, 15) is 13.2 Å². The molecule has 1 aromatic carbocycles. The highest BCUT2D eigenvalue weighted by Crippen LogP contribution is 2.28. The number of benzene rings is 1. The number of carbonyl (C=O) groups is 1. The minimum Gasteiger partial charge on any atom is -0.494 e. The number of nitrogens with zero attached hydrogens (tertiary/aromatic N) is 1. The minimum absolute atomic E-state index is 0.0406. The zero-order valence-electron chi connectivity index (χ0n) is 17.3. The van der Waals surface area contributed by atoms with Crippen LogP contribution in [-0.2, 0) is 14.8 Å². The first kappa shape index (κ1) is 22.7. The second-order valence-electron chi connectivity index (χ2n) is 7.50. The maximum Gasteiger partial charge on any atom is 0.243 e. The van der Waals surface area contributed by atoms with Crippen LogP contribution in [0.1, 0.15) is 65.7 Å². The molecule has 1 saturated carbocycles. The van der Waals surface area contributed by atoms with Crippen molar-refractivity contribution in [1.29, 1.82) is 0 Å². The van der Waals surface area contributed by atoms with E-state index in [0.29, 0.717) is 12.4 Å². The lowest BCUT2D eigenvalue weighted by atomic mass is 9.95. The van der Waals surface area contributed by atoms with Crippen molar-refractivity contribution in [3.8, 4) is 5.75 Å². The summed E-state index contributed by atoms with van der Waals surface area (Å²) in [5.74, 6) is 0.401. The Morgan fingerprint density at radius 3 is 2.39 bits per heavy atom. The van der Waals surface area contributed by atoms with Crippen LogP contribution in [0.15, 0.2) is 29.2 Å². The Hall–Kier alpha value is -1.60. The fourth-order valence-corrected chi connectivity index (χ4v) is 5.40. The Bertz CT molecular complexity index is 712. The summed E-state index contributed by atoms with van der Waals surface area (Å²) in [5.41, 5.74) is 0. The highest BCUT2D eigenvalue weighted by Gasteiger charge is 2.34. The number of hydrogen-bond acceptors (Lipinski definition) is 4. The van der Waals surface area contributed by atoms with Gasteiger partial charge in [-0.1, -0.05) is 32.6 Å². The van der Waals surface area contributed by atoms with Crippen molar-refractivity contribution in [2.45, 2.75) is 82.7 Å². The average molecular weight is 411 g/mol. The monoisotopic (exact) mass is 410 g/mol. The van der Waals surface area contributed by atoms with Gasteiger partial charge in [0.2, 0.25) is 15.9 Å². The van der Waals surface area contributed by atoms with E-state index in [-0.39, 0.29) is 29.4 Å². The van der Waals surface area contributed by atoms with Gasteiger partial charge >= 0.3 is 0 Å². The molecule has 1 aliphatic carbocycles. The van der Waals surface area contributed by atoms with E-state index in [2.05, 4.69) is 12.2 Å². The molecule has 0 spiro atoms. The minimum atomic E-state index is -3.76. The summed E-state index contributed by atoms with van der Waals surface area (Å²) in [5, 5.41) is 2.93. The number of nitrogens with one attached hydrogen (secondary N) is 1. The van der Waals surface area contributed by atoms with E-state index >= 15 is 0 Å². The summed E-state index contributed by atoms with van der Waals surface area (Å²) in [6.07, 6.45) is 6.55. The highest BCUT2D eigenvalue weighted by atomic mass is 32.2. The van der Waals surface area contributed by atoms with Crippen LogP contribution < -0.4 is 10.1 Å². The second kappa shape index (κ2) is 10.8. The topological polar surface area (TPSA) is 75.7 Å². The van der Waals surface area contributed by atoms with Gasteiger partial charge in [0.25, 0.3) is 0 Å². The summed E-state index contributed by atoms with van der Waals surface area (Å²) in [7, 11) is -3.76. The number of carbonyl (C=O) groups excluding carboxylic acids is 1. The lowest BCUT2D eigenvalue weighted by Gasteiger charge is -2.33. The number of sulfonamides is 1. The zero-order chi connectivity index (χ0) is 20.6. The van der Waals surface area contributed by atoms with Gasteiger partial charge in [0.05, 0.1) is 18.0 Å². The van der Waals surface area contributed by atoms with Crippen molar-refractivity contribution in [1.82, 2.24) is 9.62 Å². The lowest BCUT2D eigenvalue weighted by Crippen LogP contribution is -2.48. The maximum atomic E-state index is 13.4. The van der Waals surface area contributed by atoms with Crippen molar-refractivity contribution < 1.29 is 17.9 Å². The quantitative estimate of drug-likeness (QED) is 0.638. The van der Waals surface area contributed by atoms with Crippen LogP contribution in [0.5, 0.6) is 5.75 Å². The molecule has 0 aromatic heterocycles. The first-order chi connectivity index (χ1) is 13.4. The van der Waals surface area contributed by atoms with Gasteiger partial charge in [-0.3, -0.25) is 4.79 Å². The lowest BCUT2D eigenvalue weighted by molar-refractivity contribution is -0.122. The van der Waals surface area contributed by atoms with Crippen LogP contribution in [0.3, 0.4) is 0 Å². The molecule has 0 unspecified atom stereocenters. The molecular weight excluding hydrogens is 376 g/mol. The molecule has 1 amide bonds. The molecular formula is C21H34N2O4S. The van der Waals surface area contributed by atoms with E-state index < -0.39 is 10.0 Å². The van der Waals surface area contributed by atoms with E-state index in [1.54, 1.807) is 24.3 Å². The fraction of sp³-hybridized carbons (Fsp3) is 0.667. The molecule has 1 atom stereocenters. The molecule has 0 aliphatic heterocycles. The first-order valence-corrected chi connectivity index (χ1v) is 11.9. The van der Waals surface area contributed by atoms with Crippen LogP contribution in [0.4, 0.5) is 0 Å². The Labute approximate surface area is 169 Å². The molecule has 28 heavy (non-hydrogen) atoms. The molecule has 1 aliphatic rings. The van der Waals surface area contributed by atoms with Crippen LogP contribution in [-0.4, -0.2) is 43.9 Å². The smallest absolute Gasteiger partial charge is 0.243 e. The van der Waals surface area contributed by atoms with Gasteiger partial charge in [-0.25, -0.2) is 8.42 Å². The fourth-order valence-electron chi connectivity index (χ4n) is 3.76. The van der Waals surface area contributed by atoms with Gasteiger partial charge in [-0.2, -0.15) is 4.31 Å². The van der Waals surface area contributed by atoms with Gasteiger partial charge in [-0.15, -0.1) is 0 Å². The molecule has 1 N–H and O–H groups in total. The van der Waals surface area contributed by atoms with Gasteiger partial charge in [0.15, 0.2) is 0 Å². The molecule has 0 radical (unpaired) electrons. The number of rotatable bonds is 10.